The van der Waals surface area contributed by atoms with Crippen LogP contribution < -0.4 is 0 Å². The van der Waals surface area contributed by atoms with Gasteiger partial charge in [-0.1, -0.05) is 26.3 Å². The molecule has 1 rings (SSSR count). The van der Waals surface area contributed by atoms with Gasteiger partial charge in [-0.25, -0.2) is 0 Å². The van der Waals surface area contributed by atoms with Crippen LogP contribution in [-0.2, 0) is 18.8 Å². The summed E-state index contributed by atoms with van der Waals surface area (Å²) in [7, 11) is -0.154. The Bertz CT molecular complexity index is 308. The molecule has 1 saturated heterocycles. The highest BCUT2D eigenvalue weighted by molar-refractivity contribution is 6.25. The molecule has 17 heavy (non-hydrogen) atoms. The predicted molar refractivity (Wildman–Crippen MR) is 67.7 cm³/mol. The number of rotatable bonds is 7. The first-order valence-corrected chi connectivity index (χ1v) is 5.51. The second-order valence-electron chi connectivity index (χ2n) is 3.70. The summed E-state index contributed by atoms with van der Waals surface area (Å²) < 4.78 is 36.0. The van der Waals surface area contributed by atoms with Crippen LogP contribution >= 0.6 is 0 Å². The topological polar surface area (TPSA) is 57.2 Å². The summed E-state index contributed by atoms with van der Waals surface area (Å²) in [5.41, 5.74) is -1.55. The van der Waals surface area contributed by atoms with E-state index in [9.17, 15) is 5.11 Å². The van der Waals surface area contributed by atoms with Crippen molar-refractivity contribution in [2.45, 2.75) is 37.7 Å². The molecule has 0 aromatic rings. The summed E-state index contributed by atoms with van der Waals surface area (Å²) in [6.45, 7) is 6.75. The molecule has 1 aliphatic rings. The van der Waals surface area contributed by atoms with Crippen LogP contribution in [0, 0.1) is 0 Å². The van der Waals surface area contributed by atoms with Crippen molar-refractivity contribution in [1.29, 1.82) is 2.67 Å². The molecule has 1 aliphatic heterocycles. The van der Waals surface area contributed by atoms with E-state index >= 15 is 0 Å². The summed E-state index contributed by atoms with van der Waals surface area (Å²) in [5, 5.41) is 10.5. The number of aliphatic hydroxyl groups is 1. The molecule has 4 atom stereocenters. The van der Waals surface area contributed by atoms with E-state index < -0.39 is 39.0 Å². The van der Waals surface area contributed by atoms with Crippen molar-refractivity contribution in [2.24, 2.45) is 0 Å². The molecule has 0 saturated carbocycles. The van der Waals surface area contributed by atoms with Gasteiger partial charge in [0.1, 0.15) is 12.2 Å². The van der Waals surface area contributed by atoms with Gasteiger partial charge in [-0.3, -0.25) is 0 Å². The van der Waals surface area contributed by atoms with Crippen LogP contribution in [-0.4, -0.2) is 60.5 Å². The zero-order chi connectivity index (χ0) is 14.6. The zero-order valence-electron chi connectivity index (χ0n) is 12.5. The fourth-order valence-electron chi connectivity index (χ4n) is 1.89. The number of hydrogen-bond acceptors (Lipinski definition) is 5. The third-order valence-electron chi connectivity index (χ3n) is 2.72. The maximum absolute atomic E-state index is 10.5. The minimum atomic E-state index is -1.55. The van der Waals surface area contributed by atoms with Gasteiger partial charge >= 0.3 is 0 Å². The Balaban J connectivity index is 2.86. The molecular formula is C10H20B2O5. The van der Waals surface area contributed by atoms with E-state index in [0.717, 1.165) is 0 Å². The van der Waals surface area contributed by atoms with E-state index in [1.54, 1.807) is 6.82 Å². The van der Waals surface area contributed by atoms with Crippen LogP contribution in [0.2, 0.25) is 13.6 Å². The molecule has 0 spiro atoms. The lowest BCUT2D eigenvalue weighted by molar-refractivity contribution is -0.175. The molecule has 96 valence electrons. The van der Waals surface area contributed by atoms with Gasteiger partial charge in [0.05, 0.1) is 6.61 Å². The Hall–Kier alpha value is -0.330. The minimum Gasteiger partial charge on any atom is -0.437 e. The molecule has 1 heterocycles. The zero-order valence-corrected chi connectivity index (χ0v) is 10.5. The van der Waals surface area contributed by atoms with Crippen molar-refractivity contribution in [1.82, 2.24) is 0 Å². The van der Waals surface area contributed by atoms with Gasteiger partial charge in [0, 0.05) is 9.78 Å². The van der Waals surface area contributed by atoms with Gasteiger partial charge in [0.15, 0.2) is 11.9 Å². The van der Waals surface area contributed by atoms with Crippen molar-refractivity contribution in [3.8, 4) is 0 Å². The van der Waals surface area contributed by atoms with Gasteiger partial charge in [-0.2, -0.15) is 0 Å². The SMILES string of the molecule is [2H]B(C)OC[C@H]1OC(OC)[C@@](O)(C=C)[C@@H]1OB([2H])C. The first kappa shape index (κ1) is 11.7. The highest BCUT2D eigenvalue weighted by Gasteiger charge is 2.54. The Kier molecular flexibility index (Phi) is 4.53. The van der Waals surface area contributed by atoms with Crippen LogP contribution in [0.4, 0.5) is 0 Å². The van der Waals surface area contributed by atoms with E-state index in [2.05, 4.69) is 6.58 Å². The molecule has 0 aromatic carbocycles. The third kappa shape index (κ3) is 2.92. The fourth-order valence-corrected chi connectivity index (χ4v) is 1.89. The Morgan fingerprint density at radius 2 is 2.29 bits per heavy atom. The first-order valence-electron chi connectivity index (χ1n) is 6.66. The normalized spacial score (nSPS) is 38.5. The summed E-state index contributed by atoms with van der Waals surface area (Å²) in [4.78, 5) is 0. The Labute approximate surface area is 106 Å². The van der Waals surface area contributed by atoms with Gasteiger partial charge in [0.2, 0.25) is 0 Å². The van der Waals surface area contributed by atoms with Gasteiger partial charge in [-0.15, -0.1) is 0 Å². The molecule has 0 radical (unpaired) electrons. The molecule has 0 aromatic heterocycles. The average molecular weight is 244 g/mol. The van der Waals surface area contributed by atoms with Crippen molar-refractivity contribution in [2.75, 3.05) is 13.7 Å². The van der Waals surface area contributed by atoms with Crippen LogP contribution in [0.3, 0.4) is 0 Å². The van der Waals surface area contributed by atoms with Crippen LogP contribution in [0.1, 0.15) is 0 Å². The molecule has 5 nitrogen and oxygen atoms in total. The number of ether oxygens (including phenoxy) is 2. The third-order valence-corrected chi connectivity index (χ3v) is 2.72. The number of methoxy groups -OCH3 is 1. The van der Waals surface area contributed by atoms with E-state index in [-0.39, 0.29) is 6.61 Å². The summed E-state index contributed by atoms with van der Waals surface area (Å²) in [6, 6.07) is 0. The van der Waals surface area contributed by atoms with Crippen molar-refractivity contribution in [3.63, 3.8) is 0 Å². The molecule has 1 fully saturated rings. The summed E-state index contributed by atoms with van der Waals surface area (Å²) in [6.07, 6.45) is -1.11. The van der Waals surface area contributed by atoms with Crippen molar-refractivity contribution < 1.29 is 23.9 Å². The van der Waals surface area contributed by atoms with Gasteiger partial charge in [0.25, 0.3) is 14.9 Å². The van der Waals surface area contributed by atoms with Crippen LogP contribution in [0.15, 0.2) is 12.7 Å². The second-order valence-corrected chi connectivity index (χ2v) is 3.70. The second kappa shape index (κ2) is 6.56. The van der Waals surface area contributed by atoms with E-state index in [0.29, 0.717) is 0 Å². The van der Waals surface area contributed by atoms with E-state index in [4.69, 9.17) is 21.5 Å². The highest BCUT2D eigenvalue weighted by atomic mass is 16.7. The minimum absolute atomic E-state index is 0.0675. The van der Waals surface area contributed by atoms with E-state index in [1.165, 1.54) is 20.0 Å². The maximum Gasteiger partial charge on any atom is 0.272 e. The lowest BCUT2D eigenvalue weighted by atomic mass is 9.92. The Morgan fingerprint density at radius 3 is 2.76 bits per heavy atom. The lowest BCUT2D eigenvalue weighted by Crippen LogP contribution is -2.49. The van der Waals surface area contributed by atoms with Crippen LogP contribution in [0.5, 0.6) is 0 Å². The smallest absolute Gasteiger partial charge is 0.272 e. The molecule has 1 unspecified atom stereocenters. The van der Waals surface area contributed by atoms with Crippen LogP contribution in [0.25, 0.3) is 0 Å². The monoisotopic (exact) mass is 244 g/mol. The average Bonchev–Trinajstić information content (AvgIpc) is 2.60. The molecule has 0 amide bonds. The lowest BCUT2D eigenvalue weighted by Gasteiger charge is -2.29. The van der Waals surface area contributed by atoms with Crippen molar-refractivity contribution in [3.05, 3.63) is 12.7 Å². The standard InChI is InChI=1S/C10H20B2O5/c1-5-10(13)8(17-12-3)7(6-15-11-2)16-9(10)14-4/h5,7-9,11-13H,1,6H2,2-4H3/t7-,8-,9?,10-/m1/s1/i11D,12D. The van der Waals surface area contributed by atoms with Crippen molar-refractivity contribution >= 4 is 14.9 Å². The molecular weight excluding hydrogens is 222 g/mol. The van der Waals surface area contributed by atoms with Gasteiger partial charge in [-0.05, 0) is 0 Å². The largest absolute Gasteiger partial charge is 0.437 e. The Morgan fingerprint density at radius 1 is 1.59 bits per heavy atom. The van der Waals surface area contributed by atoms with E-state index in [1.807, 2.05) is 0 Å². The molecule has 7 heteroatoms. The summed E-state index contributed by atoms with van der Waals surface area (Å²) in [5.74, 6) is 0. The number of hydrogen-bond donors (Lipinski definition) is 1. The molecule has 0 aliphatic carbocycles. The fraction of sp³-hybridized carbons (Fsp3) is 0.800. The molecule has 0 bridgehead atoms. The molecule has 1 N–H and O–H groups in total. The first-order chi connectivity index (χ1) is 8.85. The maximum atomic E-state index is 10.5. The highest BCUT2D eigenvalue weighted by Crippen LogP contribution is 2.34. The summed E-state index contributed by atoms with van der Waals surface area (Å²) >= 11 is 0. The quantitative estimate of drug-likeness (QED) is 0.482. The van der Waals surface area contributed by atoms with Gasteiger partial charge < -0.3 is 23.9 Å². The predicted octanol–water partition coefficient (Wildman–Crippen LogP) is -0.524.